The predicted molar refractivity (Wildman–Crippen MR) is 283 cm³/mol. The number of methoxy groups -OCH3 is 1. The number of cyclic esters (lactones) is 1. The number of benzene rings is 3. The minimum Gasteiger partial charge on any atom is -0.480 e. The molecule has 2 fully saturated rings. The molecule has 18 heteroatoms. The van der Waals surface area contributed by atoms with Gasteiger partial charge in [-0.1, -0.05) is 76.7 Å². The molecule has 4 heterocycles. The van der Waals surface area contributed by atoms with Crippen molar-refractivity contribution in [3.8, 4) is 28.1 Å². The standard InChI is InChI=1S/C57H71N7O11/c1-10-47(65)62-24-21-39(33-62)52(69)61(8)49(35(4)5)51(68)59-57(11-2)30-36-26-40(28-41(27-36)75-55(72)58-32-48(66)67)38-19-20-46-43(29-38)44(50(63(46)12-3)42-17-14-13-16-37(42)22-25-73-9)31-56(6,7)34-74-53(70)45-18-15-23-64(60-45)54(57)71/h10-11,13-14,16-17,19-20,26-29,35,39,45,49,60H,1-2,12,15,18,21-25,30-34H2,3-9H3,(H,58,72)(H,59,68)(H,66,67)/t39-,45-,49-,57-/m0/s1. The first-order chi connectivity index (χ1) is 35.7. The molecular weight excluding hydrogens is 959 g/mol. The van der Waals surface area contributed by atoms with Crippen molar-refractivity contribution < 1.29 is 52.9 Å². The summed E-state index contributed by atoms with van der Waals surface area (Å²) in [6.07, 6.45) is 3.56. The molecule has 400 valence electrons. The van der Waals surface area contributed by atoms with Gasteiger partial charge in [-0.15, -0.1) is 6.58 Å². The van der Waals surface area contributed by atoms with Crippen molar-refractivity contribution in [1.29, 1.82) is 0 Å². The normalized spacial score (nSPS) is 20.2. The second kappa shape index (κ2) is 23.5. The summed E-state index contributed by atoms with van der Waals surface area (Å²) in [5.41, 5.74) is 7.37. The Bertz CT molecular complexity index is 2870. The minimum absolute atomic E-state index is 0.0155. The monoisotopic (exact) mass is 1030 g/mol. The fourth-order valence-electron chi connectivity index (χ4n) is 10.8. The number of hydrogen-bond acceptors (Lipinski definition) is 11. The number of carbonyl (C=O) groups excluding carboxylic acids is 6. The predicted octanol–water partition coefficient (Wildman–Crippen LogP) is 6.08. The van der Waals surface area contributed by atoms with Crippen LogP contribution in [0.3, 0.4) is 0 Å². The molecule has 3 aromatic carbocycles. The van der Waals surface area contributed by atoms with E-state index < -0.39 is 71.3 Å². The van der Waals surface area contributed by atoms with E-state index >= 15 is 9.59 Å². The highest BCUT2D eigenvalue weighted by Crippen LogP contribution is 2.42. The molecule has 2 saturated heterocycles. The van der Waals surface area contributed by atoms with Crippen LogP contribution in [0.2, 0.25) is 0 Å². The number of ether oxygens (including phenoxy) is 3. The number of likely N-dealkylation sites (N-methyl/N-ethyl adjacent to an activating group) is 1. The topological polar surface area (TPSA) is 218 Å². The lowest BCUT2D eigenvalue weighted by atomic mass is 9.83. The van der Waals surface area contributed by atoms with E-state index in [9.17, 15) is 29.1 Å². The maximum Gasteiger partial charge on any atom is 0.413 e. The zero-order chi connectivity index (χ0) is 54.4. The summed E-state index contributed by atoms with van der Waals surface area (Å²) in [7, 11) is 3.21. The quantitative estimate of drug-likeness (QED) is 0.0606. The number of hydrazine groups is 1. The zero-order valence-electron chi connectivity index (χ0n) is 44.2. The van der Waals surface area contributed by atoms with Gasteiger partial charge in [-0.3, -0.25) is 33.8 Å². The van der Waals surface area contributed by atoms with E-state index in [-0.39, 0.29) is 43.7 Å². The summed E-state index contributed by atoms with van der Waals surface area (Å²) in [4.78, 5) is 98.8. The molecule has 5 amide bonds. The van der Waals surface area contributed by atoms with Crippen LogP contribution in [0.4, 0.5) is 4.79 Å². The Kier molecular flexibility index (Phi) is 17.4. The van der Waals surface area contributed by atoms with E-state index in [1.807, 2.05) is 44.2 Å². The lowest BCUT2D eigenvalue weighted by Gasteiger charge is -2.41. The molecule has 0 saturated carbocycles. The Morgan fingerprint density at radius 2 is 1.76 bits per heavy atom. The smallest absolute Gasteiger partial charge is 0.413 e. The lowest BCUT2D eigenvalue weighted by molar-refractivity contribution is -0.156. The van der Waals surface area contributed by atoms with Crippen LogP contribution in [-0.4, -0.2) is 137 Å². The number of carbonyl (C=O) groups is 7. The molecule has 1 aromatic heterocycles. The van der Waals surface area contributed by atoms with Crippen molar-refractivity contribution in [3.05, 3.63) is 103 Å². The van der Waals surface area contributed by atoms with E-state index in [0.29, 0.717) is 68.5 Å². The molecule has 3 aliphatic rings. The molecule has 18 nitrogen and oxygen atoms in total. The molecule has 75 heavy (non-hydrogen) atoms. The van der Waals surface area contributed by atoms with Crippen molar-refractivity contribution in [2.45, 2.75) is 97.3 Å². The maximum atomic E-state index is 15.4. The molecule has 0 radical (unpaired) electrons. The van der Waals surface area contributed by atoms with Crippen molar-refractivity contribution in [2.24, 2.45) is 17.3 Å². The van der Waals surface area contributed by atoms with Crippen LogP contribution in [0.5, 0.6) is 5.75 Å². The Morgan fingerprint density at radius 1 is 1.00 bits per heavy atom. The number of fused-ring (bicyclic) bond motifs is 6. The van der Waals surface area contributed by atoms with Crippen molar-refractivity contribution in [2.75, 3.05) is 53.6 Å². The van der Waals surface area contributed by atoms with Gasteiger partial charge in [-0.2, -0.15) is 0 Å². The molecule has 4 N–H and O–H groups in total. The van der Waals surface area contributed by atoms with Crippen molar-refractivity contribution in [1.82, 2.24) is 35.4 Å². The van der Waals surface area contributed by atoms with Gasteiger partial charge in [0, 0.05) is 68.6 Å². The number of nitrogens with one attached hydrogen (secondary N) is 3. The number of amides is 5. The van der Waals surface area contributed by atoms with Gasteiger partial charge in [0.2, 0.25) is 17.7 Å². The molecule has 6 bridgehead atoms. The van der Waals surface area contributed by atoms with Crippen LogP contribution in [0.25, 0.3) is 33.3 Å². The second-order valence-corrected chi connectivity index (χ2v) is 20.9. The van der Waals surface area contributed by atoms with Gasteiger partial charge in [-0.25, -0.2) is 10.2 Å². The van der Waals surface area contributed by atoms with E-state index in [4.69, 9.17) is 14.2 Å². The fraction of sp³-hybridized carbons (Fsp3) is 0.456. The molecule has 4 atom stereocenters. The van der Waals surface area contributed by atoms with Crippen LogP contribution in [0.15, 0.2) is 86.0 Å². The summed E-state index contributed by atoms with van der Waals surface area (Å²) >= 11 is 0. The first-order valence-electron chi connectivity index (χ1n) is 25.7. The van der Waals surface area contributed by atoms with Crippen LogP contribution >= 0.6 is 0 Å². The van der Waals surface area contributed by atoms with Crippen LogP contribution < -0.4 is 20.8 Å². The molecule has 7 rings (SSSR count). The Labute approximate surface area is 438 Å². The Balaban J connectivity index is 1.41. The van der Waals surface area contributed by atoms with Gasteiger partial charge < -0.3 is 44.3 Å². The van der Waals surface area contributed by atoms with Gasteiger partial charge in [0.05, 0.1) is 24.8 Å². The number of aryl methyl sites for hydroxylation is 1. The van der Waals surface area contributed by atoms with Crippen molar-refractivity contribution in [3.63, 3.8) is 0 Å². The molecule has 4 aromatic rings. The minimum atomic E-state index is -1.97. The summed E-state index contributed by atoms with van der Waals surface area (Å²) in [6, 6.07) is 17.3. The molecular formula is C57H71N7O11. The van der Waals surface area contributed by atoms with Gasteiger partial charge in [0.1, 0.15) is 29.9 Å². The highest BCUT2D eigenvalue weighted by Gasteiger charge is 2.46. The van der Waals surface area contributed by atoms with Gasteiger partial charge in [0.25, 0.3) is 5.91 Å². The first kappa shape index (κ1) is 55.4. The average molecular weight is 1030 g/mol. The van der Waals surface area contributed by atoms with E-state index in [1.54, 1.807) is 31.9 Å². The molecule has 0 unspecified atom stereocenters. The number of aliphatic carboxylic acids is 1. The number of rotatable bonds is 15. The van der Waals surface area contributed by atoms with E-state index in [2.05, 4.69) is 58.9 Å². The summed E-state index contributed by atoms with van der Waals surface area (Å²) in [5.74, 6) is -4.81. The summed E-state index contributed by atoms with van der Waals surface area (Å²) < 4.78 is 19.8. The zero-order valence-corrected chi connectivity index (χ0v) is 44.2. The van der Waals surface area contributed by atoms with E-state index in [0.717, 1.165) is 33.3 Å². The molecule has 0 aliphatic carbocycles. The number of likely N-dealkylation sites (tertiary alicyclic amines) is 1. The van der Waals surface area contributed by atoms with Gasteiger partial charge >= 0.3 is 18.0 Å². The maximum absolute atomic E-state index is 15.4. The number of nitrogens with zero attached hydrogens (tertiary/aromatic N) is 4. The van der Waals surface area contributed by atoms with Crippen molar-refractivity contribution >= 4 is 52.6 Å². The third-order valence-electron chi connectivity index (χ3n) is 14.5. The molecule has 0 spiro atoms. The second-order valence-electron chi connectivity index (χ2n) is 20.9. The number of esters is 1. The molecule has 3 aliphatic heterocycles. The highest BCUT2D eigenvalue weighted by atomic mass is 16.6. The summed E-state index contributed by atoms with van der Waals surface area (Å²) in [5, 5.41) is 16.8. The SMILES string of the molecule is C=CC(=O)N1CC[C@H](C(=O)N(C)[C@H](C(=O)N[C@@]2(C=C)Cc3cc(OC(=O)NCC(=O)O)cc(c3)-c3ccc4c(c3)c(c(-c3ccccc3CCOC)n4CC)CC(C)(C)COC(=O)[C@@H]3CCCN(N3)C2=O)C(C)C)C1. The largest absolute Gasteiger partial charge is 0.480 e. The number of aromatic nitrogens is 1. The van der Waals surface area contributed by atoms with Gasteiger partial charge in [0.15, 0.2) is 0 Å². The highest BCUT2D eigenvalue weighted by molar-refractivity contribution is 5.98. The Morgan fingerprint density at radius 3 is 2.45 bits per heavy atom. The van der Waals surface area contributed by atoms with Crippen LogP contribution in [0.1, 0.15) is 70.6 Å². The third-order valence-corrected chi connectivity index (χ3v) is 14.5. The third kappa shape index (κ3) is 12.3. The van der Waals surface area contributed by atoms with Crippen LogP contribution in [0, 0.1) is 17.3 Å². The summed E-state index contributed by atoms with van der Waals surface area (Å²) in [6.45, 7) is 18.6. The first-order valence-corrected chi connectivity index (χ1v) is 25.7. The fourth-order valence-corrected chi connectivity index (χ4v) is 10.8. The van der Waals surface area contributed by atoms with Gasteiger partial charge in [-0.05, 0) is 103 Å². The van der Waals surface area contributed by atoms with E-state index in [1.165, 1.54) is 35.2 Å². The number of carboxylic acids is 1. The van der Waals surface area contributed by atoms with Crippen LogP contribution in [-0.2, 0) is 64.0 Å². The Hall–Kier alpha value is -7.31. The number of hydrogen-bond donors (Lipinski definition) is 4. The average Bonchev–Trinajstić information content (AvgIpc) is 4.01. The number of carboxylic acid groups (broad SMARTS) is 1. The lowest BCUT2D eigenvalue weighted by Crippen LogP contribution is -2.67.